The van der Waals surface area contributed by atoms with E-state index in [2.05, 4.69) is 0 Å². The predicted octanol–water partition coefficient (Wildman–Crippen LogP) is 4.70. The van der Waals surface area contributed by atoms with Crippen LogP contribution in [0, 0.1) is 0 Å². The summed E-state index contributed by atoms with van der Waals surface area (Å²) in [6, 6.07) is 21.9. The van der Waals surface area contributed by atoms with Gasteiger partial charge in [0.15, 0.2) is 5.78 Å². The summed E-state index contributed by atoms with van der Waals surface area (Å²) in [6.45, 7) is 3.10. The number of nitrogens with zero attached hydrogens (tertiary/aromatic N) is 1. The van der Waals surface area contributed by atoms with E-state index >= 15 is 0 Å². The molecule has 3 aromatic carbocycles. The Balaban J connectivity index is 2.00. The standard InChI is InChI=1S/C29H26ClNO6/c1-3-36-27(34)29(28(35)37-4-2)23(21-16-11-17-22(30)18-21)24(25(32)19-12-7-5-8-13-19)31(29)26(33)20-14-9-6-10-15-20/h5-18,23-24H,3-4H2,1-2H3/t23-,24+/m1/s1. The second kappa shape index (κ2) is 11.0. The first-order valence-corrected chi connectivity index (χ1v) is 12.3. The lowest BCUT2D eigenvalue weighted by molar-refractivity contribution is -0.189. The van der Waals surface area contributed by atoms with Gasteiger partial charge in [0.05, 0.1) is 19.1 Å². The molecule has 0 aromatic heterocycles. The van der Waals surface area contributed by atoms with Gasteiger partial charge in [-0.2, -0.15) is 0 Å². The molecule has 1 saturated heterocycles. The van der Waals surface area contributed by atoms with E-state index in [0.29, 0.717) is 16.1 Å². The topological polar surface area (TPSA) is 90.0 Å². The van der Waals surface area contributed by atoms with E-state index in [4.69, 9.17) is 21.1 Å². The average Bonchev–Trinajstić information content (AvgIpc) is 2.89. The van der Waals surface area contributed by atoms with Gasteiger partial charge < -0.3 is 14.4 Å². The highest BCUT2D eigenvalue weighted by Crippen LogP contribution is 2.53. The Bertz CT molecular complexity index is 1290. The second-order valence-corrected chi connectivity index (χ2v) is 8.89. The van der Waals surface area contributed by atoms with Crippen molar-refractivity contribution in [1.82, 2.24) is 4.90 Å². The van der Waals surface area contributed by atoms with Gasteiger partial charge >= 0.3 is 11.9 Å². The third-order valence-corrected chi connectivity index (χ3v) is 6.61. The van der Waals surface area contributed by atoms with Crippen LogP contribution in [0.25, 0.3) is 0 Å². The van der Waals surface area contributed by atoms with Crippen molar-refractivity contribution in [2.75, 3.05) is 13.2 Å². The molecular formula is C29H26ClNO6. The maximum absolute atomic E-state index is 14.0. The largest absolute Gasteiger partial charge is 0.464 e. The molecule has 7 nitrogen and oxygen atoms in total. The van der Waals surface area contributed by atoms with Gasteiger partial charge in [-0.05, 0) is 43.7 Å². The van der Waals surface area contributed by atoms with Gasteiger partial charge in [-0.25, -0.2) is 9.59 Å². The summed E-state index contributed by atoms with van der Waals surface area (Å²) < 4.78 is 10.7. The van der Waals surface area contributed by atoms with E-state index in [9.17, 15) is 19.2 Å². The summed E-state index contributed by atoms with van der Waals surface area (Å²) in [5.74, 6) is -4.15. The zero-order valence-corrected chi connectivity index (χ0v) is 21.2. The predicted molar refractivity (Wildman–Crippen MR) is 137 cm³/mol. The van der Waals surface area contributed by atoms with Gasteiger partial charge in [-0.3, -0.25) is 9.59 Å². The molecule has 0 aliphatic carbocycles. The van der Waals surface area contributed by atoms with Crippen LogP contribution in [0.5, 0.6) is 0 Å². The lowest BCUT2D eigenvalue weighted by Gasteiger charge is -2.59. The van der Waals surface area contributed by atoms with Crippen molar-refractivity contribution in [3.63, 3.8) is 0 Å². The van der Waals surface area contributed by atoms with Crippen molar-refractivity contribution in [3.8, 4) is 0 Å². The van der Waals surface area contributed by atoms with Crippen LogP contribution in [0.2, 0.25) is 5.02 Å². The fourth-order valence-corrected chi connectivity index (χ4v) is 5.05. The number of rotatable bonds is 8. The molecule has 0 unspecified atom stereocenters. The number of hydrogen-bond donors (Lipinski definition) is 0. The van der Waals surface area contributed by atoms with Crippen molar-refractivity contribution >= 4 is 35.2 Å². The fraction of sp³-hybridized carbons (Fsp3) is 0.241. The first-order chi connectivity index (χ1) is 17.9. The third-order valence-electron chi connectivity index (χ3n) is 6.37. The van der Waals surface area contributed by atoms with Gasteiger partial charge in [0.1, 0.15) is 6.04 Å². The van der Waals surface area contributed by atoms with Crippen LogP contribution >= 0.6 is 11.6 Å². The number of benzene rings is 3. The van der Waals surface area contributed by atoms with E-state index < -0.39 is 41.1 Å². The summed E-state index contributed by atoms with van der Waals surface area (Å²) in [5, 5.41) is 0.345. The Morgan fingerprint density at radius 1 is 0.784 bits per heavy atom. The van der Waals surface area contributed by atoms with Crippen molar-refractivity contribution in [2.24, 2.45) is 0 Å². The lowest BCUT2D eigenvalue weighted by Crippen LogP contribution is -2.82. The molecule has 0 spiro atoms. The van der Waals surface area contributed by atoms with Crippen molar-refractivity contribution in [1.29, 1.82) is 0 Å². The van der Waals surface area contributed by atoms with Gasteiger partial charge in [0.25, 0.3) is 5.91 Å². The highest BCUT2D eigenvalue weighted by atomic mass is 35.5. The van der Waals surface area contributed by atoms with Crippen LogP contribution in [0.1, 0.15) is 46.0 Å². The van der Waals surface area contributed by atoms with E-state index in [1.807, 2.05) is 0 Å². The number of ether oxygens (including phenoxy) is 2. The monoisotopic (exact) mass is 519 g/mol. The lowest BCUT2D eigenvalue weighted by atomic mass is 9.62. The Kier molecular flexibility index (Phi) is 7.74. The highest BCUT2D eigenvalue weighted by Gasteiger charge is 2.75. The molecule has 1 fully saturated rings. The highest BCUT2D eigenvalue weighted by molar-refractivity contribution is 6.30. The number of esters is 2. The summed E-state index contributed by atoms with van der Waals surface area (Å²) in [4.78, 5) is 56.4. The number of carbonyl (C=O) groups is 4. The molecule has 1 aliphatic heterocycles. The number of likely N-dealkylation sites (tertiary alicyclic amines) is 1. The molecule has 1 aliphatic rings. The van der Waals surface area contributed by atoms with Crippen LogP contribution in [-0.2, 0) is 19.1 Å². The van der Waals surface area contributed by atoms with Gasteiger partial charge in [0.2, 0.25) is 5.54 Å². The van der Waals surface area contributed by atoms with Crippen molar-refractivity contribution < 1.29 is 28.7 Å². The smallest absolute Gasteiger partial charge is 0.344 e. The Morgan fingerprint density at radius 3 is 1.84 bits per heavy atom. The number of ketones is 1. The van der Waals surface area contributed by atoms with Crippen LogP contribution in [0.3, 0.4) is 0 Å². The molecule has 0 bridgehead atoms. The minimum atomic E-state index is -2.24. The Hall–Kier alpha value is -3.97. The van der Waals surface area contributed by atoms with E-state index in [1.54, 1.807) is 98.8 Å². The molecule has 1 heterocycles. The molecule has 4 rings (SSSR count). The molecule has 3 aromatic rings. The van der Waals surface area contributed by atoms with Crippen LogP contribution in [-0.4, -0.2) is 53.3 Å². The van der Waals surface area contributed by atoms with Crippen LogP contribution in [0.15, 0.2) is 84.9 Å². The van der Waals surface area contributed by atoms with Gasteiger partial charge in [0, 0.05) is 16.1 Å². The summed E-state index contributed by atoms with van der Waals surface area (Å²) >= 11 is 6.29. The quantitative estimate of drug-likeness (QED) is 0.243. The number of halogens is 1. The summed E-state index contributed by atoms with van der Waals surface area (Å²) in [6.07, 6.45) is 0. The molecule has 2 atom stereocenters. The van der Waals surface area contributed by atoms with Crippen LogP contribution < -0.4 is 0 Å². The normalized spacial score (nSPS) is 17.9. The number of hydrogen-bond acceptors (Lipinski definition) is 6. The Labute approximate surface area is 219 Å². The van der Waals surface area contributed by atoms with Gasteiger partial charge in [-0.15, -0.1) is 0 Å². The Morgan fingerprint density at radius 2 is 1.32 bits per heavy atom. The molecular weight excluding hydrogens is 494 g/mol. The fourth-order valence-electron chi connectivity index (χ4n) is 4.85. The molecule has 8 heteroatoms. The molecule has 0 radical (unpaired) electrons. The van der Waals surface area contributed by atoms with E-state index in [-0.39, 0.29) is 18.8 Å². The zero-order chi connectivity index (χ0) is 26.6. The zero-order valence-electron chi connectivity index (χ0n) is 20.4. The minimum absolute atomic E-state index is 0.0487. The van der Waals surface area contributed by atoms with E-state index in [0.717, 1.165) is 4.90 Å². The van der Waals surface area contributed by atoms with Crippen LogP contribution in [0.4, 0.5) is 0 Å². The minimum Gasteiger partial charge on any atom is -0.464 e. The molecule has 0 N–H and O–H groups in total. The summed E-state index contributed by atoms with van der Waals surface area (Å²) in [5.41, 5.74) is -1.28. The average molecular weight is 520 g/mol. The van der Waals surface area contributed by atoms with Gasteiger partial charge in [-0.1, -0.05) is 72.3 Å². The number of amides is 1. The first kappa shape index (κ1) is 26.1. The molecule has 37 heavy (non-hydrogen) atoms. The summed E-state index contributed by atoms with van der Waals surface area (Å²) in [7, 11) is 0. The second-order valence-electron chi connectivity index (χ2n) is 8.46. The molecule has 190 valence electrons. The van der Waals surface area contributed by atoms with Crippen molar-refractivity contribution in [3.05, 3.63) is 107 Å². The maximum Gasteiger partial charge on any atom is 0.344 e. The van der Waals surface area contributed by atoms with Crippen molar-refractivity contribution in [2.45, 2.75) is 31.3 Å². The third kappa shape index (κ3) is 4.51. The molecule has 1 amide bonds. The SMILES string of the molecule is CCOC(=O)C1(C(=O)OCC)[C@H](c2cccc(Cl)c2)[C@@H](C(=O)c2ccccc2)N1C(=O)c1ccccc1. The van der Waals surface area contributed by atoms with E-state index in [1.165, 1.54) is 0 Å². The molecule has 0 saturated carbocycles. The number of carbonyl (C=O) groups excluding carboxylic acids is 4. The first-order valence-electron chi connectivity index (χ1n) is 12.0. The maximum atomic E-state index is 14.0. The number of Topliss-reactive ketones (excluding diaryl/α,β-unsaturated/α-hetero) is 1.